The van der Waals surface area contributed by atoms with Crippen molar-refractivity contribution in [3.8, 4) is 11.3 Å². The highest BCUT2D eigenvalue weighted by Gasteiger charge is 2.24. The summed E-state index contributed by atoms with van der Waals surface area (Å²) in [7, 11) is 0. The van der Waals surface area contributed by atoms with Crippen molar-refractivity contribution >= 4 is 68.1 Å². The summed E-state index contributed by atoms with van der Waals surface area (Å²) in [5.41, 5.74) is 2.41. The fourth-order valence-corrected chi connectivity index (χ4v) is 4.71. The number of piperazine rings is 1. The predicted molar refractivity (Wildman–Crippen MR) is 151 cm³/mol. The molecule has 4 rings (SSSR count). The number of nitrogens with one attached hydrogen (secondary N) is 2. The number of thiocarbonyl (C=S) groups is 1. The van der Waals surface area contributed by atoms with E-state index < -0.39 is 5.91 Å². The first kappa shape index (κ1) is 26.2. The minimum Gasteiger partial charge on any atom is -0.451 e. The number of halogens is 2. The van der Waals surface area contributed by atoms with Gasteiger partial charge in [0.05, 0.1) is 10.7 Å². The molecular weight excluding hydrogens is 564 g/mol. The lowest BCUT2D eigenvalue weighted by Crippen LogP contribution is -2.50. The van der Waals surface area contributed by atoms with Gasteiger partial charge in [-0.25, -0.2) is 0 Å². The zero-order valence-electron chi connectivity index (χ0n) is 19.9. The molecule has 0 bridgehead atoms. The molecule has 1 aliphatic rings. The number of rotatable bonds is 5. The average Bonchev–Trinajstić information content (AvgIpc) is 3.35. The van der Waals surface area contributed by atoms with Crippen LogP contribution in [0.1, 0.15) is 24.4 Å². The fourth-order valence-electron chi connectivity index (χ4n) is 3.93. The highest BCUT2D eigenvalue weighted by atomic mass is 79.9. The second-order valence-electron chi connectivity index (χ2n) is 8.71. The zero-order chi connectivity index (χ0) is 25.8. The van der Waals surface area contributed by atoms with Gasteiger partial charge >= 0.3 is 0 Å². The van der Waals surface area contributed by atoms with Crippen molar-refractivity contribution in [1.82, 2.24) is 10.2 Å². The lowest BCUT2D eigenvalue weighted by atomic mass is 10.1. The number of amides is 2. The lowest BCUT2D eigenvalue weighted by Gasteiger charge is -2.37. The number of anilines is 2. The molecule has 1 saturated heterocycles. The van der Waals surface area contributed by atoms with E-state index in [4.69, 9.17) is 28.2 Å². The third kappa shape index (κ3) is 6.27. The number of nitrogens with zero attached hydrogens (tertiary/aromatic N) is 2. The summed E-state index contributed by atoms with van der Waals surface area (Å²) in [5.74, 6) is 0.461. The number of hydrogen-bond acceptors (Lipinski definition) is 5. The van der Waals surface area contributed by atoms with Crippen LogP contribution >= 0.6 is 39.7 Å². The van der Waals surface area contributed by atoms with Crippen LogP contribution < -0.4 is 15.5 Å². The van der Waals surface area contributed by atoms with E-state index in [1.54, 1.807) is 18.2 Å². The number of furan rings is 1. The van der Waals surface area contributed by atoms with E-state index in [2.05, 4.69) is 31.5 Å². The van der Waals surface area contributed by atoms with Crippen LogP contribution in [0.5, 0.6) is 0 Å². The molecule has 7 nitrogen and oxygen atoms in total. The second-order valence-corrected chi connectivity index (χ2v) is 10.4. The van der Waals surface area contributed by atoms with E-state index in [-0.39, 0.29) is 22.7 Å². The highest BCUT2D eigenvalue weighted by Crippen LogP contribution is 2.30. The third-order valence-corrected chi connectivity index (χ3v) is 6.85. The molecule has 1 aromatic heterocycles. The van der Waals surface area contributed by atoms with Gasteiger partial charge in [-0.05, 0) is 54.7 Å². The largest absolute Gasteiger partial charge is 0.451 e. The van der Waals surface area contributed by atoms with Crippen molar-refractivity contribution in [1.29, 1.82) is 0 Å². The van der Waals surface area contributed by atoms with Crippen LogP contribution in [-0.2, 0) is 4.79 Å². The SMILES string of the molecule is CC(C)C(=O)N1CCN(c2ccc(NC(=S)NC(=O)c3ccc(-c4ccc(Br)cc4)o3)cc2Cl)CC1. The molecule has 1 fully saturated rings. The fraction of sp³-hybridized carbons (Fsp3) is 0.269. The molecule has 2 N–H and O–H groups in total. The number of carbonyl (C=O) groups is 2. The van der Waals surface area contributed by atoms with E-state index in [9.17, 15) is 9.59 Å². The summed E-state index contributed by atoms with van der Waals surface area (Å²) in [4.78, 5) is 28.9. The van der Waals surface area contributed by atoms with Crippen molar-refractivity contribution in [2.75, 3.05) is 36.4 Å². The monoisotopic (exact) mass is 588 g/mol. The Bertz CT molecular complexity index is 1270. The molecule has 0 aliphatic carbocycles. The first-order chi connectivity index (χ1) is 17.2. The van der Waals surface area contributed by atoms with E-state index in [0.29, 0.717) is 42.6 Å². The molecule has 2 heterocycles. The van der Waals surface area contributed by atoms with Crippen molar-refractivity contribution in [2.45, 2.75) is 13.8 Å². The van der Waals surface area contributed by atoms with Gasteiger partial charge in [0.1, 0.15) is 5.76 Å². The second kappa shape index (κ2) is 11.5. The van der Waals surface area contributed by atoms with Gasteiger partial charge in [0.15, 0.2) is 10.9 Å². The van der Waals surface area contributed by atoms with Crippen molar-refractivity contribution < 1.29 is 14.0 Å². The molecule has 0 unspecified atom stereocenters. The first-order valence-electron chi connectivity index (χ1n) is 11.5. The zero-order valence-corrected chi connectivity index (χ0v) is 23.0. The molecule has 2 amide bonds. The van der Waals surface area contributed by atoms with Gasteiger partial charge in [-0.3, -0.25) is 14.9 Å². The van der Waals surface area contributed by atoms with Crippen molar-refractivity contribution in [2.24, 2.45) is 5.92 Å². The van der Waals surface area contributed by atoms with Crippen LogP contribution in [0, 0.1) is 5.92 Å². The van der Waals surface area contributed by atoms with Gasteiger partial charge in [0, 0.05) is 47.8 Å². The molecule has 0 saturated carbocycles. The van der Waals surface area contributed by atoms with Crippen LogP contribution in [0.25, 0.3) is 11.3 Å². The molecular formula is C26H26BrClN4O3S. The number of hydrogen-bond donors (Lipinski definition) is 2. The Morgan fingerprint density at radius 2 is 1.72 bits per heavy atom. The predicted octanol–water partition coefficient (Wildman–Crippen LogP) is 5.79. The van der Waals surface area contributed by atoms with Gasteiger partial charge in [-0.15, -0.1) is 0 Å². The normalized spacial score (nSPS) is 13.6. The Morgan fingerprint density at radius 3 is 2.36 bits per heavy atom. The minimum atomic E-state index is -0.451. The van der Waals surface area contributed by atoms with Gasteiger partial charge in [0.2, 0.25) is 5.91 Å². The van der Waals surface area contributed by atoms with Gasteiger partial charge in [-0.1, -0.05) is 53.5 Å². The van der Waals surface area contributed by atoms with Gasteiger partial charge in [-0.2, -0.15) is 0 Å². The van der Waals surface area contributed by atoms with E-state index in [1.807, 2.05) is 55.1 Å². The number of benzene rings is 2. The Kier molecular flexibility index (Phi) is 8.33. The smallest absolute Gasteiger partial charge is 0.293 e. The van der Waals surface area contributed by atoms with Gasteiger partial charge < -0.3 is 19.5 Å². The van der Waals surface area contributed by atoms with E-state index in [1.165, 1.54) is 0 Å². The topological polar surface area (TPSA) is 77.8 Å². The Morgan fingerprint density at radius 1 is 1.03 bits per heavy atom. The summed E-state index contributed by atoms with van der Waals surface area (Å²) >= 11 is 15.3. The van der Waals surface area contributed by atoms with Crippen LogP contribution in [0.4, 0.5) is 11.4 Å². The molecule has 1 aliphatic heterocycles. The third-order valence-electron chi connectivity index (χ3n) is 5.82. The molecule has 188 valence electrons. The maximum atomic E-state index is 12.6. The quantitative estimate of drug-likeness (QED) is 0.367. The summed E-state index contributed by atoms with van der Waals surface area (Å²) in [6, 6.07) is 16.5. The lowest BCUT2D eigenvalue weighted by molar-refractivity contribution is -0.134. The maximum Gasteiger partial charge on any atom is 0.293 e. The maximum absolute atomic E-state index is 12.6. The average molecular weight is 590 g/mol. The number of carbonyl (C=O) groups excluding carboxylic acids is 2. The molecule has 2 aromatic carbocycles. The standard InChI is InChI=1S/C26H26BrClN4O3S/c1-16(2)25(34)32-13-11-31(12-14-32)21-8-7-19(15-20(21)28)29-26(36)30-24(33)23-10-9-22(35-23)17-3-5-18(27)6-4-17/h3-10,15-16H,11-14H2,1-2H3,(H2,29,30,33,36). The summed E-state index contributed by atoms with van der Waals surface area (Å²) in [6.45, 7) is 6.59. The van der Waals surface area contributed by atoms with Crippen LogP contribution in [-0.4, -0.2) is 48.0 Å². The highest BCUT2D eigenvalue weighted by molar-refractivity contribution is 9.10. The van der Waals surface area contributed by atoms with Crippen LogP contribution in [0.15, 0.2) is 63.5 Å². The van der Waals surface area contributed by atoms with Gasteiger partial charge in [0.25, 0.3) is 5.91 Å². The molecule has 36 heavy (non-hydrogen) atoms. The minimum absolute atomic E-state index is 0.00354. The Labute approximate surface area is 228 Å². The molecule has 0 spiro atoms. The first-order valence-corrected chi connectivity index (χ1v) is 13.1. The molecule has 3 aromatic rings. The molecule has 0 atom stereocenters. The Balaban J connectivity index is 1.32. The van der Waals surface area contributed by atoms with E-state index >= 15 is 0 Å². The molecule has 0 radical (unpaired) electrons. The van der Waals surface area contributed by atoms with Crippen LogP contribution in [0.2, 0.25) is 5.02 Å². The summed E-state index contributed by atoms with van der Waals surface area (Å²) < 4.78 is 6.65. The Hall–Kier alpha value is -2.88. The summed E-state index contributed by atoms with van der Waals surface area (Å²) in [5, 5.41) is 6.31. The van der Waals surface area contributed by atoms with Crippen molar-refractivity contribution in [3.63, 3.8) is 0 Å². The van der Waals surface area contributed by atoms with Crippen LogP contribution in [0.3, 0.4) is 0 Å². The summed E-state index contributed by atoms with van der Waals surface area (Å²) in [6.07, 6.45) is 0. The van der Waals surface area contributed by atoms with E-state index in [0.717, 1.165) is 15.7 Å². The molecule has 10 heteroatoms. The van der Waals surface area contributed by atoms with Crippen molar-refractivity contribution in [3.05, 3.63) is 69.9 Å².